The van der Waals surface area contributed by atoms with Crippen molar-refractivity contribution in [1.82, 2.24) is 5.32 Å². The molecule has 0 amide bonds. The van der Waals surface area contributed by atoms with E-state index in [1.165, 1.54) is 0 Å². The number of hydrogen-bond donors (Lipinski definition) is 2. The Morgan fingerprint density at radius 1 is 1.53 bits per heavy atom. The molecule has 0 aromatic carbocycles. The van der Waals surface area contributed by atoms with Crippen LogP contribution in [0.5, 0.6) is 0 Å². The Hall–Kier alpha value is -0.220. The third-order valence-electron chi connectivity index (χ3n) is 2.27. The van der Waals surface area contributed by atoms with Crippen LogP contribution in [-0.4, -0.2) is 34.7 Å². The van der Waals surface area contributed by atoms with Crippen LogP contribution in [0.4, 0.5) is 0 Å². The second kappa shape index (κ2) is 7.12. The lowest BCUT2D eigenvalue weighted by Crippen LogP contribution is -2.51. The van der Waals surface area contributed by atoms with Gasteiger partial charge in [-0.15, -0.1) is 0 Å². The van der Waals surface area contributed by atoms with Crippen LogP contribution in [0.25, 0.3) is 0 Å². The maximum Gasteiger partial charge on any atom is 0.324 e. The Bertz CT molecular complexity index is 197. The molecule has 4 heteroatoms. The van der Waals surface area contributed by atoms with Crippen LogP contribution < -0.4 is 5.32 Å². The Labute approximate surface area is 97.0 Å². The highest BCUT2D eigenvalue weighted by atomic mass is 32.2. The highest BCUT2D eigenvalue weighted by Gasteiger charge is 2.31. The molecule has 0 heterocycles. The summed E-state index contributed by atoms with van der Waals surface area (Å²) in [5.41, 5.74) is -0.781. The van der Waals surface area contributed by atoms with Gasteiger partial charge in [0.25, 0.3) is 0 Å². The van der Waals surface area contributed by atoms with E-state index in [-0.39, 0.29) is 0 Å². The molecule has 0 saturated heterocycles. The van der Waals surface area contributed by atoms with Gasteiger partial charge in [0.05, 0.1) is 0 Å². The molecule has 0 aliphatic heterocycles. The van der Waals surface area contributed by atoms with E-state index in [4.69, 9.17) is 5.11 Å². The lowest BCUT2D eigenvalue weighted by molar-refractivity contribution is -0.143. The van der Waals surface area contributed by atoms with Crippen molar-refractivity contribution < 1.29 is 9.90 Å². The van der Waals surface area contributed by atoms with Crippen molar-refractivity contribution in [2.24, 2.45) is 5.92 Å². The molecule has 0 bridgehead atoms. The molecule has 0 aliphatic carbocycles. The standard InChI is InChI=1S/C11H23NO2S/c1-5-12-11(4,10(13)14)8-15-7-6-9(2)3/h9,12H,5-8H2,1-4H3,(H,13,14). The highest BCUT2D eigenvalue weighted by molar-refractivity contribution is 7.99. The molecule has 0 rings (SSSR count). The summed E-state index contributed by atoms with van der Waals surface area (Å²) in [5.74, 6) is 1.59. The largest absolute Gasteiger partial charge is 0.480 e. The minimum atomic E-state index is -0.781. The number of aliphatic carboxylic acids is 1. The minimum Gasteiger partial charge on any atom is -0.480 e. The first-order valence-corrected chi connectivity index (χ1v) is 6.64. The summed E-state index contributed by atoms with van der Waals surface area (Å²) < 4.78 is 0. The summed E-state index contributed by atoms with van der Waals surface area (Å²) in [6.45, 7) is 8.73. The van der Waals surface area contributed by atoms with Crippen molar-refractivity contribution >= 4 is 17.7 Å². The molecule has 2 N–H and O–H groups in total. The molecule has 1 atom stereocenters. The Morgan fingerprint density at radius 2 is 2.13 bits per heavy atom. The minimum absolute atomic E-state index is 0.628. The molecular formula is C11H23NO2S. The van der Waals surface area contributed by atoms with Gasteiger partial charge in [0.1, 0.15) is 5.54 Å². The van der Waals surface area contributed by atoms with E-state index in [9.17, 15) is 4.79 Å². The van der Waals surface area contributed by atoms with E-state index in [1.807, 2.05) is 6.92 Å². The van der Waals surface area contributed by atoms with Gasteiger partial charge in [0, 0.05) is 5.75 Å². The number of carboxylic acid groups (broad SMARTS) is 1. The lowest BCUT2D eigenvalue weighted by atomic mass is 10.1. The lowest BCUT2D eigenvalue weighted by Gasteiger charge is -2.25. The van der Waals surface area contributed by atoms with Crippen LogP contribution in [0.1, 0.15) is 34.1 Å². The fraction of sp³-hybridized carbons (Fsp3) is 0.909. The van der Waals surface area contributed by atoms with Crippen molar-refractivity contribution in [3.8, 4) is 0 Å². The summed E-state index contributed by atoms with van der Waals surface area (Å²) >= 11 is 1.71. The molecule has 0 radical (unpaired) electrons. The van der Waals surface area contributed by atoms with Crippen LogP contribution in [-0.2, 0) is 4.79 Å². The summed E-state index contributed by atoms with van der Waals surface area (Å²) in [6, 6.07) is 0. The first-order valence-electron chi connectivity index (χ1n) is 5.48. The molecule has 0 aliphatic rings. The molecule has 0 aromatic heterocycles. The van der Waals surface area contributed by atoms with E-state index in [1.54, 1.807) is 18.7 Å². The summed E-state index contributed by atoms with van der Waals surface area (Å²) in [7, 11) is 0. The first kappa shape index (κ1) is 14.8. The number of carbonyl (C=O) groups is 1. The predicted molar refractivity (Wildman–Crippen MR) is 66.5 cm³/mol. The van der Waals surface area contributed by atoms with E-state index in [2.05, 4.69) is 19.2 Å². The first-order chi connectivity index (χ1) is 6.92. The number of nitrogens with one attached hydrogen (secondary N) is 1. The van der Waals surface area contributed by atoms with Crippen LogP contribution in [0.15, 0.2) is 0 Å². The summed E-state index contributed by atoms with van der Waals surface area (Å²) in [4.78, 5) is 11.1. The molecule has 0 aromatic rings. The zero-order valence-electron chi connectivity index (χ0n) is 10.2. The third kappa shape index (κ3) is 6.05. The predicted octanol–water partition coefficient (Wildman–Crippen LogP) is 2.22. The number of rotatable bonds is 8. The SMILES string of the molecule is CCNC(C)(CSCCC(C)C)C(=O)O. The molecule has 0 fully saturated rings. The van der Waals surface area contributed by atoms with Crippen molar-refractivity contribution in [2.45, 2.75) is 39.7 Å². The molecule has 1 unspecified atom stereocenters. The molecular weight excluding hydrogens is 210 g/mol. The van der Waals surface area contributed by atoms with Gasteiger partial charge < -0.3 is 10.4 Å². The highest BCUT2D eigenvalue weighted by Crippen LogP contribution is 2.16. The van der Waals surface area contributed by atoms with E-state index < -0.39 is 11.5 Å². The van der Waals surface area contributed by atoms with Crippen molar-refractivity contribution in [3.05, 3.63) is 0 Å². The zero-order chi connectivity index (χ0) is 11.9. The molecule has 90 valence electrons. The van der Waals surface area contributed by atoms with Crippen molar-refractivity contribution in [3.63, 3.8) is 0 Å². The fourth-order valence-corrected chi connectivity index (χ4v) is 2.59. The van der Waals surface area contributed by atoms with Gasteiger partial charge in [0.15, 0.2) is 0 Å². The van der Waals surface area contributed by atoms with Crippen molar-refractivity contribution in [1.29, 1.82) is 0 Å². The van der Waals surface area contributed by atoms with E-state index >= 15 is 0 Å². The molecule has 0 spiro atoms. The Kier molecular flexibility index (Phi) is 7.02. The second-order valence-electron chi connectivity index (χ2n) is 4.40. The summed E-state index contributed by atoms with van der Waals surface area (Å²) in [5, 5.41) is 12.1. The van der Waals surface area contributed by atoms with Gasteiger partial charge in [-0.25, -0.2) is 0 Å². The molecule has 3 nitrogen and oxygen atoms in total. The van der Waals surface area contributed by atoms with Gasteiger partial charge in [-0.3, -0.25) is 4.79 Å². The fourth-order valence-electron chi connectivity index (χ4n) is 1.17. The molecule has 0 saturated carbocycles. The van der Waals surface area contributed by atoms with Gasteiger partial charge in [0.2, 0.25) is 0 Å². The van der Waals surface area contributed by atoms with E-state index in [0.717, 1.165) is 12.2 Å². The Balaban J connectivity index is 3.92. The van der Waals surface area contributed by atoms with Crippen LogP contribution in [0.2, 0.25) is 0 Å². The maximum atomic E-state index is 11.1. The summed E-state index contributed by atoms with van der Waals surface area (Å²) in [6.07, 6.45) is 1.15. The third-order valence-corrected chi connectivity index (χ3v) is 3.58. The number of likely N-dealkylation sites (N-methyl/N-ethyl adjacent to an activating group) is 1. The Morgan fingerprint density at radius 3 is 2.53 bits per heavy atom. The topological polar surface area (TPSA) is 49.3 Å². The number of carboxylic acids is 1. The zero-order valence-corrected chi connectivity index (χ0v) is 11.0. The monoisotopic (exact) mass is 233 g/mol. The molecule has 15 heavy (non-hydrogen) atoms. The van der Waals surface area contributed by atoms with Crippen molar-refractivity contribution in [2.75, 3.05) is 18.1 Å². The smallest absolute Gasteiger partial charge is 0.324 e. The average Bonchev–Trinajstić information content (AvgIpc) is 2.12. The van der Waals surface area contributed by atoms with E-state index in [0.29, 0.717) is 18.2 Å². The van der Waals surface area contributed by atoms with Gasteiger partial charge in [-0.1, -0.05) is 20.8 Å². The maximum absolute atomic E-state index is 11.1. The average molecular weight is 233 g/mol. The van der Waals surface area contributed by atoms with Gasteiger partial charge in [-0.2, -0.15) is 11.8 Å². The normalized spacial score (nSPS) is 15.3. The number of hydrogen-bond acceptors (Lipinski definition) is 3. The second-order valence-corrected chi connectivity index (χ2v) is 5.51. The van der Waals surface area contributed by atoms with Crippen LogP contribution in [0, 0.1) is 5.92 Å². The quantitative estimate of drug-likeness (QED) is 0.631. The number of thioether (sulfide) groups is 1. The van der Waals surface area contributed by atoms with Crippen LogP contribution >= 0.6 is 11.8 Å². The van der Waals surface area contributed by atoms with Crippen LogP contribution in [0.3, 0.4) is 0 Å². The van der Waals surface area contributed by atoms with Gasteiger partial charge >= 0.3 is 5.97 Å². The van der Waals surface area contributed by atoms with Gasteiger partial charge in [-0.05, 0) is 31.6 Å².